The lowest BCUT2D eigenvalue weighted by Crippen LogP contribution is -2.40. The lowest BCUT2D eigenvalue weighted by molar-refractivity contribution is 0.0924. The first-order valence-corrected chi connectivity index (χ1v) is 7.19. The number of benzene rings is 1. The molecule has 112 valence electrons. The first-order chi connectivity index (χ1) is 10.0. The molecule has 2 rings (SSSR count). The van der Waals surface area contributed by atoms with Crippen LogP contribution in [-0.2, 0) is 0 Å². The van der Waals surface area contributed by atoms with Crippen LogP contribution in [0.2, 0.25) is 0 Å². The van der Waals surface area contributed by atoms with Crippen molar-refractivity contribution in [2.24, 2.45) is 5.92 Å². The molecule has 0 heterocycles. The number of nitrogens with zero attached hydrogens (tertiary/aromatic N) is 1. The maximum atomic E-state index is 13.7. The van der Waals surface area contributed by atoms with Crippen LogP contribution < -0.4 is 5.32 Å². The van der Waals surface area contributed by atoms with Crippen LogP contribution >= 0.6 is 0 Å². The minimum Gasteiger partial charge on any atom is -0.336 e. The van der Waals surface area contributed by atoms with Crippen LogP contribution in [0.4, 0.5) is 8.78 Å². The number of carbonyl (C=O) groups excluding carboxylic acids is 1. The number of carbonyl (C=O) groups is 1. The molecule has 3 nitrogen and oxygen atoms in total. The Morgan fingerprint density at radius 2 is 1.95 bits per heavy atom. The largest absolute Gasteiger partial charge is 0.336 e. The summed E-state index contributed by atoms with van der Waals surface area (Å²) >= 11 is 0. The Bertz CT molecular complexity index is 574. The zero-order valence-electron chi connectivity index (χ0n) is 12.0. The number of hydrogen-bond acceptors (Lipinski definition) is 2. The number of halogens is 2. The predicted molar refractivity (Wildman–Crippen MR) is 74.5 cm³/mol. The van der Waals surface area contributed by atoms with Gasteiger partial charge in [-0.3, -0.25) is 4.79 Å². The molecule has 0 radical (unpaired) electrons. The van der Waals surface area contributed by atoms with E-state index in [0.717, 1.165) is 32.1 Å². The topological polar surface area (TPSA) is 52.9 Å². The third kappa shape index (κ3) is 3.57. The number of rotatable bonds is 3. The van der Waals surface area contributed by atoms with Crippen LogP contribution in [0.15, 0.2) is 12.1 Å². The van der Waals surface area contributed by atoms with Gasteiger partial charge in [0.25, 0.3) is 5.91 Å². The summed E-state index contributed by atoms with van der Waals surface area (Å²) in [7, 11) is 0. The van der Waals surface area contributed by atoms with Gasteiger partial charge in [0.2, 0.25) is 0 Å². The molecule has 0 aromatic heterocycles. The number of nitrogens with one attached hydrogen (secondary N) is 1. The molecule has 1 fully saturated rings. The summed E-state index contributed by atoms with van der Waals surface area (Å²) < 4.78 is 26.9. The van der Waals surface area contributed by atoms with E-state index in [4.69, 9.17) is 0 Å². The number of aryl methyl sites for hydroxylation is 1. The highest BCUT2D eigenvalue weighted by molar-refractivity contribution is 5.95. The first-order valence-electron chi connectivity index (χ1n) is 7.19. The van der Waals surface area contributed by atoms with Crippen LogP contribution in [0.25, 0.3) is 0 Å². The number of nitriles is 1. The standard InChI is InChI=1S/C16H18F2N2O/c1-10-7-12(14(18)8-13(10)17)16(21)20-15(9-19)11-5-3-2-4-6-11/h7-8,11,15H,2-6H2,1H3,(H,20,21). The van der Waals surface area contributed by atoms with Gasteiger partial charge in [-0.05, 0) is 37.3 Å². The Morgan fingerprint density at radius 1 is 1.29 bits per heavy atom. The van der Waals surface area contributed by atoms with Gasteiger partial charge in [-0.25, -0.2) is 8.78 Å². The van der Waals surface area contributed by atoms with Gasteiger partial charge in [0.1, 0.15) is 17.7 Å². The second kappa shape index (κ2) is 6.66. The Kier molecular flexibility index (Phi) is 4.89. The van der Waals surface area contributed by atoms with Crippen LogP contribution in [-0.4, -0.2) is 11.9 Å². The third-order valence-corrected chi connectivity index (χ3v) is 4.04. The van der Waals surface area contributed by atoms with Crippen LogP contribution in [0.3, 0.4) is 0 Å². The van der Waals surface area contributed by atoms with E-state index in [-0.39, 0.29) is 17.0 Å². The highest BCUT2D eigenvalue weighted by atomic mass is 19.1. The van der Waals surface area contributed by atoms with Gasteiger partial charge in [-0.1, -0.05) is 19.3 Å². The quantitative estimate of drug-likeness (QED) is 0.927. The molecule has 1 amide bonds. The SMILES string of the molecule is Cc1cc(C(=O)NC(C#N)C2CCCCC2)c(F)cc1F. The molecular formula is C16H18F2N2O. The molecule has 1 N–H and O–H groups in total. The summed E-state index contributed by atoms with van der Waals surface area (Å²) in [6, 6.07) is 3.34. The van der Waals surface area contributed by atoms with Crippen molar-refractivity contribution in [2.75, 3.05) is 0 Å². The van der Waals surface area contributed by atoms with Gasteiger partial charge >= 0.3 is 0 Å². The Hall–Kier alpha value is -1.96. The summed E-state index contributed by atoms with van der Waals surface area (Å²) in [6.45, 7) is 1.47. The molecule has 0 spiro atoms. The van der Waals surface area contributed by atoms with Gasteiger partial charge in [0.05, 0.1) is 11.6 Å². The van der Waals surface area contributed by atoms with Crippen molar-refractivity contribution in [1.29, 1.82) is 5.26 Å². The summed E-state index contributed by atoms with van der Waals surface area (Å²) in [5.41, 5.74) is -0.0160. The fraction of sp³-hybridized carbons (Fsp3) is 0.500. The minimum absolute atomic E-state index is 0.109. The summed E-state index contributed by atoms with van der Waals surface area (Å²) in [5, 5.41) is 11.8. The van der Waals surface area contributed by atoms with Crippen LogP contribution in [0.1, 0.15) is 48.0 Å². The van der Waals surface area contributed by atoms with Gasteiger partial charge in [0, 0.05) is 6.07 Å². The predicted octanol–water partition coefficient (Wildman–Crippen LogP) is 3.48. The molecule has 0 saturated heterocycles. The lowest BCUT2D eigenvalue weighted by atomic mass is 9.84. The molecule has 1 aliphatic rings. The number of hydrogen-bond donors (Lipinski definition) is 1. The van der Waals surface area contributed by atoms with Crippen molar-refractivity contribution in [3.05, 3.63) is 34.9 Å². The first kappa shape index (κ1) is 15.4. The van der Waals surface area contributed by atoms with Gasteiger partial charge < -0.3 is 5.32 Å². The Morgan fingerprint density at radius 3 is 2.57 bits per heavy atom. The van der Waals surface area contributed by atoms with Crippen molar-refractivity contribution >= 4 is 5.91 Å². The second-order valence-corrected chi connectivity index (χ2v) is 5.56. The zero-order valence-corrected chi connectivity index (χ0v) is 12.0. The van der Waals surface area contributed by atoms with E-state index in [2.05, 4.69) is 11.4 Å². The van der Waals surface area contributed by atoms with E-state index in [0.29, 0.717) is 6.07 Å². The van der Waals surface area contributed by atoms with Crippen molar-refractivity contribution in [1.82, 2.24) is 5.32 Å². The molecule has 1 atom stereocenters. The monoisotopic (exact) mass is 292 g/mol. The third-order valence-electron chi connectivity index (χ3n) is 4.04. The van der Waals surface area contributed by atoms with E-state index in [9.17, 15) is 18.8 Å². The molecule has 0 aliphatic heterocycles. The Labute approximate surface area is 123 Å². The zero-order chi connectivity index (χ0) is 15.4. The Balaban J connectivity index is 2.13. The molecule has 1 aromatic carbocycles. The highest BCUT2D eigenvalue weighted by Crippen LogP contribution is 2.26. The number of amides is 1. The summed E-state index contributed by atoms with van der Waals surface area (Å²) in [6.07, 6.45) is 5.02. The van der Waals surface area contributed by atoms with E-state index < -0.39 is 23.6 Å². The summed E-state index contributed by atoms with van der Waals surface area (Å²) in [4.78, 5) is 12.1. The molecule has 5 heteroatoms. The van der Waals surface area contributed by atoms with Crippen LogP contribution in [0.5, 0.6) is 0 Å². The van der Waals surface area contributed by atoms with E-state index >= 15 is 0 Å². The molecule has 1 unspecified atom stereocenters. The molecule has 21 heavy (non-hydrogen) atoms. The fourth-order valence-corrected chi connectivity index (χ4v) is 2.77. The highest BCUT2D eigenvalue weighted by Gasteiger charge is 2.26. The fourth-order valence-electron chi connectivity index (χ4n) is 2.77. The molecule has 0 bridgehead atoms. The normalized spacial score (nSPS) is 17.0. The molecular weight excluding hydrogens is 274 g/mol. The maximum absolute atomic E-state index is 13.7. The second-order valence-electron chi connectivity index (χ2n) is 5.56. The summed E-state index contributed by atoms with van der Waals surface area (Å²) in [5.74, 6) is -2.14. The maximum Gasteiger partial charge on any atom is 0.255 e. The molecule has 1 saturated carbocycles. The molecule has 1 aliphatic carbocycles. The van der Waals surface area contributed by atoms with Crippen molar-refractivity contribution < 1.29 is 13.6 Å². The van der Waals surface area contributed by atoms with Crippen molar-refractivity contribution in [3.8, 4) is 6.07 Å². The van der Waals surface area contributed by atoms with Gasteiger partial charge in [-0.15, -0.1) is 0 Å². The lowest BCUT2D eigenvalue weighted by Gasteiger charge is -2.26. The average Bonchev–Trinajstić information content (AvgIpc) is 2.49. The van der Waals surface area contributed by atoms with Crippen molar-refractivity contribution in [2.45, 2.75) is 45.1 Å². The van der Waals surface area contributed by atoms with Crippen LogP contribution in [0, 0.1) is 35.8 Å². The van der Waals surface area contributed by atoms with E-state index in [1.165, 1.54) is 13.0 Å². The minimum atomic E-state index is -0.907. The van der Waals surface area contributed by atoms with Gasteiger partial charge in [-0.2, -0.15) is 5.26 Å². The average molecular weight is 292 g/mol. The van der Waals surface area contributed by atoms with Crippen molar-refractivity contribution in [3.63, 3.8) is 0 Å². The van der Waals surface area contributed by atoms with E-state index in [1.807, 2.05) is 0 Å². The smallest absolute Gasteiger partial charge is 0.255 e. The van der Waals surface area contributed by atoms with Gasteiger partial charge in [0.15, 0.2) is 0 Å². The molecule has 1 aromatic rings. The van der Waals surface area contributed by atoms with E-state index in [1.54, 1.807) is 0 Å².